The molecular weight excluding hydrogens is 216 g/mol. The van der Waals surface area contributed by atoms with Crippen LogP contribution in [0.25, 0.3) is 0 Å². The molecule has 1 fully saturated rings. The molecule has 16 heavy (non-hydrogen) atoms. The van der Waals surface area contributed by atoms with Crippen LogP contribution in [0.4, 0.5) is 11.4 Å². The predicted molar refractivity (Wildman–Crippen MR) is 74.9 cm³/mol. The Labute approximate surface area is 102 Å². The third-order valence-corrected chi connectivity index (χ3v) is 4.24. The van der Waals surface area contributed by atoms with Crippen LogP contribution >= 0.6 is 11.8 Å². The van der Waals surface area contributed by atoms with Crippen molar-refractivity contribution in [2.24, 2.45) is 0 Å². The summed E-state index contributed by atoms with van der Waals surface area (Å²) in [7, 11) is 4.19. The molecule has 88 valence electrons. The Hall–Kier alpha value is -0.830. The average molecular weight is 236 g/mol. The van der Waals surface area contributed by atoms with Crippen LogP contribution in [-0.2, 0) is 0 Å². The number of nitrogens with one attached hydrogen (secondary N) is 1. The van der Waals surface area contributed by atoms with Crippen LogP contribution in [-0.4, -0.2) is 31.6 Å². The molecule has 1 aromatic carbocycles. The van der Waals surface area contributed by atoms with E-state index in [1.165, 1.54) is 34.9 Å². The van der Waals surface area contributed by atoms with Gasteiger partial charge in [-0.05, 0) is 36.8 Å². The van der Waals surface area contributed by atoms with Gasteiger partial charge >= 0.3 is 0 Å². The lowest BCUT2D eigenvalue weighted by Gasteiger charge is -2.21. The Morgan fingerprint density at radius 2 is 2.19 bits per heavy atom. The van der Waals surface area contributed by atoms with Crippen LogP contribution in [0, 0.1) is 6.92 Å². The van der Waals surface area contributed by atoms with Gasteiger partial charge in [-0.25, -0.2) is 0 Å². The van der Waals surface area contributed by atoms with E-state index in [0.717, 1.165) is 0 Å². The Bertz CT molecular complexity index is 357. The first-order chi connectivity index (χ1) is 7.68. The molecule has 1 N–H and O–H groups in total. The third-order valence-electron chi connectivity index (χ3n) is 3.08. The van der Waals surface area contributed by atoms with Gasteiger partial charge in [-0.2, -0.15) is 11.8 Å². The van der Waals surface area contributed by atoms with E-state index in [-0.39, 0.29) is 0 Å². The first-order valence-corrected chi connectivity index (χ1v) is 6.95. The van der Waals surface area contributed by atoms with E-state index >= 15 is 0 Å². The lowest BCUT2D eigenvalue weighted by atomic mass is 10.1. The molecule has 1 heterocycles. The van der Waals surface area contributed by atoms with Gasteiger partial charge in [0.05, 0.1) is 0 Å². The normalized spacial score (nSPS) is 19.8. The van der Waals surface area contributed by atoms with Gasteiger partial charge in [0.15, 0.2) is 0 Å². The van der Waals surface area contributed by atoms with Crippen LogP contribution in [0.15, 0.2) is 18.2 Å². The van der Waals surface area contributed by atoms with Gasteiger partial charge in [0.25, 0.3) is 0 Å². The number of hydrogen-bond donors (Lipinski definition) is 1. The lowest BCUT2D eigenvalue weighted by molar-refractivity contribution is 0.811. The molecule has 1 aliphatic heterocycles. The number of rotatable bonds is 3. The summed E-state index contributed by atoms with van der Waals surface area (Å²) in [6.07, 6.45) is 1.29. The molecule has 2 nitrogen and oxygen atoms in total. The standard InChI is InChI=1S/C13H20N2S/c1-10-12(14-11-7-8-16-9-11)5-4-6-13(10)15(2)3/h4-6,11,14H,7-9H2,1-3H3. The molecule has 0 bridgehead atoms. The zero-order valence-electron chi connectivity index (χ0n) is 10.3. The van der Waals surface area contributed by atoms with Gasteiger partial charge in [0.1, 0.15) is 0 Å². The minimum absolute atomic E-state index is 0.654. The van der Waals surface area contributed by atoms with Crippen LogP contribution in [0.2, 0.25) is 0 Å². The van der Waals surface area contributed by atoms with Gasteiger partial charge < -0.3 is 10.2 Å². The Morgan fingerprint density at radius 3 is 2.81 bits per heavy atom. The quantitative estimate of drug-likeness (QED) is 0.868. The molecule has 0 aromatic heterocycles. The third kappa shape index (κ3) is 2.46. The summed E-state index contributed by atoms with van der Waals surface area (Å²) in [5.41, 5.74) is 3.94. The summed E-state index contributed by atoms with van der Waals surface area (Å²) >= 11 is 2.04. The number of nitrogens with zero attached hydrogens (tertiary/aromatic N) is 1. The van der Waals surface area contributed by atoms with Crippen molar-refractivity contribution in [3.63, 3.8) is 0 Å². The summed E-state index contributed by atoms with van der Waals surface area (Å²) in [6.45, 7) is 2.19. The Morgan fingerprint density at radius 1 is 1.38 bits per heavy atom. The molecule has 0 aliphatic carbocycles. The smallest absolute Gasteiger partial charge is 0.0411 e. The highest BCUT2D eigenvalue weighted by Gasteiger charge is 2.16. The van der Waals surface area contributed by atoms with Gasteiger partial charge in [0, 0.05) is 37.3 Å². The maximum absolute atomic E-state index is 3.66. The molecule has 2 rings (SSSR count). The number of thioether (sulfide) groups is 1. The molecule has 1 atom stereocenters. The molecule has 0 saturated carbocycles. The second-order valence-corrected chi connectivity index (χ2v) is 5.70. The SMILES string of the molecule is Cc1c(NC2CCSC2)cccc1N(C)C. The van der Waals surface area contributed by atoms with Gasteiger partial charge in [0.2, 0.25) is 0 Å². The highest BCUT2D eigenvalue weighted by molar-refractivity contribution is 7.99. The molecular formula is C13H20N2S. The first-order valence-electron chi connectivity index (χ1n) is 5.79. The Balaban J connectivity index is 2.17. The molecule has 1 saturated heterocycles. The van der Waals surface area contributed by atoms with Crippen molar-refractivity contribution in [1.82, 2.24) is 0 Å². The van der Waals surface area contributed by atoms with Crippen molar-refractivity contribution in [3.8, 4) is 0 Å². The molecule has 3 heteroatoms. The molecule has 1 aliphatic rings. The van der Waals surface area contributed by atoms with Crippen LogP contribution in [0.3, 0.4) is 0 Å². The van der Waals surface area contributed by atoms with E-state index in [9.17, 15) is 0 Å². The highest BCUT2D eigenvalue weighted by atomic mass is 32.2. The van der Waals surface area contributed by atoms with Gasteiger partial charge in [-0.1, -0.05) is 6.07 Å². The zero-order valence-corrected chi connectivity index (χ0v) is 11.1. The van der Waals surface area contributed by atoms with E-state index < -0.39 is 0 Å². The second kappa shape index (κ2) is 5.00. The van der Waals surface area contributed by atoms with E-state index in [0.29, 0.717) is 6.04 Å². The van der Waals surface area contributed by atoms with Crippen molar-refractivity contribution in [2.75, 3.05) is 35.8 Å². The minimum Gasteiger partial charge on any atom is -0.381 e. The van der Waals surface area contributed by atoms with Crippen LogP contribution in [0.5, 0.6) is 0 Å². The predicted octanol–water partition coefficient (Wildman–Crippen LogP) is 2.98. The largest absolute Gasteiger partial charge is 0.381 e. The molecule has 0 amide bonds. The first kappa shape index (κ1) is 11.6. The van der Waals surface area contributed by atoms with Crippen molar-refractivity contribution in [2.45, 2.75) is 19.4 Å². The van der Waals surface area contributed by atoms with E-state index in [4.69, 9.17) is 0 Å². The van der Waals surface area contributed by atoms with E-state index in [2.05, 4.69) is 49.4 Å². The number of hydrogen-bond acceptors (Lipinski definition) is 3. The summed E-state index contributed by atoms with van der Waals surface area (Å²) < 4.78 is 0. The second-order valence-electron chi connectivity index (χ2n) is 4.55. The maximum atomic E-state index is 3.66. The van der Waals surface area contributed by atoms with Crippen molar-refractivity contribution in [1.29, 1.82) is 0 Å². The molecule has 0 spiro atoms. The van der Waals surface area contributed by atoms with Crippen molar-refractivity contribution < 1.29 is 0 Å². The van der Waals surface area contributed by atoms with Crippen LogP contribution in [0.1, 0.15) is 12.0 Å². The minimum atomic E-state index is 0.654. The van der Waals surface area contributed by atoms with E-state index in [1.54, 1.807) is 0 Å². The van der Waals surface area contributed by atoms with E-state index in [1.807, 2.05) is 11.8 Å². The average Bonchev–Trinajstić information content (AvgIpc) is 2.73. The van der Waals surface area contributed by atoms with Gasteiger partial charge in [-0.3, -0.25) is 0 Å². The topological polar surface area (TPSA) is 15.3 Å². The summed E-state index contributed by atoms with van der Waals surface area (Å²) in [5, 5.41) is 3.66. The molecule has 1 aromatic rings. The molecule has 0 radical (unpaired) electrons. The van der Waals surface area contributed by atoms with Crippen molar-refractivity contribution >= 4 is 23.1 Å². The highest BCUT2D eigenvalue weighted by Crippen LogP contribution is 2.28. The lowest BCUT2D eigenvalue weighted by Crippen LogP contribution is -2.19. The summed E-state index contributed by atoms with van der Waals surface area (Å²) in [6, 6.07) is 7.14. The zero-order chi connectivity index (χ0) is 11.5. The molecule has 1 unspecified atom stereocenters. The van der Waals surface area contributed by atoms with Crippen LogP contribution < -0.4 is 10.2 Å². The Kier molecular flexibility index (Phi) is 3.64. The fourth-order valence-electron chi connectivity index (χ4n) is 2.13. The number of benzene rings is 1. The summed E-state index contributed by atoms with van der Waals surface area (Å²) in [5.74, 6) is 2.54. The monoisotopic (exact) mass is 236 g/mol. The summed E-state index contributed by atoms with van der Waals surface area (Å²) in [4.78, 5) is 2.17. The fraction of sp³-hybridized carbons (Fsp3) is 0.538. The van der Waals surface area contributed by atoms with Crippen molar-refractivity contribution in [3.05, 3.63) is 23.8 Å². The fourth-order valence-corrected chi connectivity index (χ4v) is 3.28. The maximum Gasteiger partial charge on any atom is 0.0411 e. The van der Waals surface area contributed by atoms with Gasteiger partial charge in [-0.15, -0.1) is 0 Å². The number of anilines is 2.